The van der Waals surface area contributed by atoms with Gasteiger partial charge in [-0.1, -0.05) is 36.4 Å². The molecule has 0 saturated heterocycles. The van der Waals surface area contributed by atoms with Crippen molar-refractivity contribution in [3.63, 3.8) is 0 Å². The van der Waals surface area contributed by atoms with Crippen molar-refractivity contribution in [3.8, 4) is 5.75 Å². The maximum Gasteiger partial charge on any atom is 0.120 e. The van der Waals surface area contributed by atoms with Gasteiger partial charge in [-0.2, -0.15) is 0 Å². The van der Waals surface area contributed by atoms with Crippen LogP contribution in [0.25, 0.3) is 0 Å². The largest absolute Gasteiger partial charge is 0.497 e. The van der Waals surface area contributed by atoms with E-state index < -0.39 is 5.54 Å². The summed E-state index contributed by atoms with van der Waals surface area (Å²) in [5, 5.41) is 13.4. The van der Waals surface area contributed by atoms with E-state index in [1.165, 1.54) is 0 Å². The zero-order chi connectivity index (χ0) is 15.1. The van der Waals surface area contributed by atoms with Gasteiger partial charge < -0.3 is 19.9 Å². The minimum Gasteiger partial charge on any atom is -0.497 e. The molecule has 0 fully saturated rings. The van der Waals surface area contributed by atoms with Crippen LogP contribution in [0.15, 0.2) is 54.6 Å². The Balaban J connectivity index is 2.36. The molecule has 2 rings (SSSR count). The second-order valence-corrected chi connectivity index (χ2v) is 4.90. The lowest BCUT2D eigenvalue weighted by Crippen LogP contribution is -2.43. The van der Waals surface area contributed by atoms with Gasteiger partial charge >= 0.3 is 0 Å². The average molecular weight is 287 g/mol. The highest BCUT2D eigenvalue weighted by Gasteiger charge is 2.31. The maximum atomic E-state index is 9.98. The van der Waals surface area contributed by atoms with E-state index in [4.69, 9.17) is 9.47 Å². The van der Waals surface area contributed by atoms with Crippen molar-refractivity contribution in [1.29, 1.82) is 0 Å². The molecule has 0 bridgehead atoms. The summed E-state index contributed by atoms with van der Waals surface area (Å²) in [6.07, 6.45) is 0. The Morgan fingerprint density at radius 3 is 2.43 bits per heavy atom. The van der Waals surface area contributed by atoms with Crippen LogP contribution >= 0.6 is 0 Å². The molecular weight excluding hydrogens is 266 g/mol. The second-order valence-electron chi connectivity index (χ2n) is 4.90. The highest BCUT2D eigenvalue weighted by molar-refractivity contribution is 5.52. The third kappa shape index (κ3) is 3.54. The molecule has 4 nitrogen and oxygen atoms in total. The quantitative estimate of drug-likeness (QED) is 0.822. The normalized spacial score (nSPS) is 13.5. The molecule has 0 aromatic heterocycles. The van der Waals surface area contributed by atoms with Gasteiger partial charge in [-0.25, -0.2) is 0 Å². The fourth-order valence-corrected chi connectivity index (χ4v) is 2.35. The van der Waals surface area contributed by atoms with Crippen molar-refractivity contribution in [2.45, 2.75) is 5.54 Å². The van der Waals surface area contributed by atoms with Gasteiger partial charge in [-0.3, -0.25) is 0 Å². The van der Waals surface area contributed by atoms with Gasteiger partial charge in [0, 0.05) is 18.9 Å². The Morgan fingerprint density at radius 1 is 1.05 bits per heavy atom. The summed E-state index contributed by atoms with van der Waals surface area (Å²) < 4.78 is 10.6. The van der Waals surface area contributed by atoms with Gasteiger partial charge in [-0.15, -0.1) is 0 Å². The number of nitrogens with one attached hydrogen (secondary N) is 1. The topological polar surface area (TPSA) is 50.7 Å². The molecule has 2 aromatic carbocycles. The average Bonchev–Trinajstić information content (AvgIpc) is 2.55. The van der Waals surface area contributed by atoms with Gasteiger partial charge in [0.25, 0.3) is 0 Å². The van der Waals surface area contributed by atoms with E-state index in [0.29, 0.717) is 6.61 Å². The predicted octanol–water partition coefficient (Wildman–Crippen LogP) is 2.64. The molecule has 112 valence electrons. The number of rotatable bonds is 7. The Hall–Kier alpha value is -2.04. The van der Waals surface area contributed by atoms with Gasteiger partial charge in [-0.05, 0) is 17.7 Å². The molecule has 0 aliphatic rings. The molecule has 0 heterocycles. The summed E-state index contributed by atoms with van der Waals surface area (Å²) in [6, 6.07) is 17.4. The van der Waals surface area contributed by atoms with Crippen molar-refractivity contribution < 1.29 is 14.6 Å². The third-order valence-corrected chi connectivity index (χ3v) is 3.44. The molecule has 0 spiro atoms. The molecule has 2 N–H and O–H groups in total. The van der Waals surface area contributed by atoms with E-state index in [-0.39, 0.29) is 6.61 Å². The minimum absolute atomic E-state index is 0.0813. The van der Waals surface area contributed by atoms with E-state index in [9.17, 15) is 5.11 Å². The van der Waals surface area contributed by atoms with Crippen LogP contribution in [0, 0.1) is 0 Å². The molecule has 0 radical (unpaired) electrons. The zero-order valence-corrected chi connectivity index (χ0v) is 12.4. The number of benzene rings is 2. The molecular formula is C17H21NO3. The zero-order valence-electron chi connectivity index (χ0n) is 12.4. The van der Waals surface area contributed by atoms with Gasteiger partial charge in [0.1, 0.15) is 11.3 Å². The Kier molecular flexibility index (Phi) is 5.20. The molecule has 2 aromatic rings. The van der Waals surface area contributed by atoms with Gasteiger partial charge in [0.2, 0.25) is 0 Å². The van der Waals surface area contributed by atoms with E-state index in [2.05, 4.69) is 5.32 Å². The van der Waals surface area contributed by atoms with Crippen LogP contribution in [0.1, 0.15) is 5.56 Å². The van der Waals surface area contributed by atoms with Crippen molar-refractivity contribution in [3.05, 3.63) is 60.2 Å². The van der Waals surface area contributed by atoms with Crippen molar-refractivity contribution >= 4 is 5.69 Å². The summed E-state index contributed by atoms with van der Waals surface area (Å²) >= 11 is 0. The SMILES string of the molecule is COCC(CO)(Nc1cccc(OC)c1)c1ccccc1. The van der Waals surface area contributed by atoms with E-state index in [1.54, 1.807) is 14.2 Å². The summed E-state index contributed by atoms with van der Waals surface area (Å²) in [6.45, 7) is 0.271. The summed E-state index contributed by atoms with van der Waals surface area (Å²) in [5.41, 5.74) is 1.14. The number of aliphatic hydroxyl groups excluding tert-OH is 1. The fourth-order valence-electron chi connectivity index (χ4n) is 2.35. The highest BCUT2D eigenvalue weighted by atomic mass is 16.5. The second kappa shape index (κ2) is 7.11. The van der Waals surface area contributed by atoms with Crippen LogP contribution in [0.2, 0.25) is 0 Å². The molecule has 0 saturated carbocycles. The number of anilines is 1. The molecule has 1 unspecified atom stereocenters. The minimum atomic E-state index is -0.692. The Labute approximate surface area is 125 Å². The van der Waals surface area contributed by atoms with Crippen LogP contribution in [0.5, 0.6) is 5.75 Å². The standard InChI is InChI=1S/C17H21NO3/c1-20-13-17(12-19,14-7-4-3-5-8-14)18-15-9-6-10-16(11-15)21-2/h3-11,18-19H,12-13H2,1-2H3. The lowest BCUT2D eigenvalue weighted by Gasteiger charge is -2.34. The lowest BCUT2D eigenvalue weighted by molar-refractivity contribution is 0.0977. The first kappa shape index (κ1) is 15.4. The Bertz CT molecular complexity index is 559. The molecule has 0 aliphatic carbocycles. The molecule has 1 atom stereocenters. The number of hydrogen-bond donors (Lipinski definition) is 2. The van der Waals surface area contributed by atoms with Crippen molar-refractivity contribution in [2.75, 3.05) is 32.8 Å². The predicted molar refractivity (Wildman–Crippen MR) is 83.7 cm³/mol. The number of hydrogen-bond acceptors (Lipinski definition) is 4. The first-order chi connectivity index (χ1) is 10.2. The van der Waals surface area contributed by atoms with Crippen LogP contribution in [-0.4, -0.2) is 32.5 Å². The lowest BCUT2D eigenvalue weighted by atomic mass is 9.91. The highest BCUT2D eigenvalue weighted by Crippen LogP contribution is 2.28. The third-order valence-electron chi connectivity index (χ3n) is 3.44. The summed E-state index contributed by atoms with van der Waals surface area (Å²) in [4.78, 5) is 0. The first-order valence-electron chi connectivity index (χ1n) is 6.81. The Morgan fingerprint density at radius 2 is 1.81 bits per heavy atom. The van der Waals surface area contributed by atoms with Gasteiger partial charge in [0.05, 0.1) is 20.3 Å². The number of aliphatic hydroxyl groups is 1. The smallest absolute Gasteiger partial charge is 0.120 e. The monoisotopic (exact) mass is 287 g/mol. The summed E-state index contributed by atoms with van der Waals surface area (Å²) in [7, 11) is 3.26. The van der Waals surface area contributed by atoms with Crippen molar-refractivity contribution in [1.82, 2.24) is 0 Å². The van der Waals surface area contributed by atoms with E-state index in [0.717, 1.165) is 17.0 Å². The maximum absolute atomic E-state index is 9.98. The van der Waals surface area contributed by atoms with Crippen molar-refractivity contribution in [2.24, 2.45) is 0 Å². The number of ether oxygens (including phenoxy) is 2. The van der Waals surface area contributed by atoms with E-state index in [1.807, 2.05) is 54.6 Å². The summed E-state index contributed by atoms with van der Waals surface area (Å²) in [5.74, 6) is 0.761. The van der Waals surface area contributed by atoms with Crippen LogP contribution in [0.3, 0.4) is 0 Å². The van der Waals surface area contributed by atoms with E-state index >= 15 is 0 Å². The fraction of sp³-hybridized carbons (Fsp3) is 0.294. The molecule has 4 heteroatoms. The first-order valence-corrected chi connectivity index (χ1v) is 6.81. The number of methoxy groups -OCH3 is 2. The van der Waals surface area contributed by atoms with Gasteiger partial charge in [0.15, 0.2) is 0 Å². The molecule has 0 aliphatic heterocycles. The van der Waals surface area contributed by atoms with Crippen LogP contribution in [-0.2, 0) is 10.3 Å². The van der Waals surface area contributed by atoms with Crippen LogP contribution < -0.4 is 10.1 Å². The molecule has 21 heavy (non-hydrogen) atoms. The molecule has 0 amide bonds. The van der Waals surface area contributed by atoms with Crippen LogP contribution in [0.4, 0.5) is 5.69 Å².